The van der Waals surface area contributed by atoms with E-state index >= 15 is 0 Å². The van der Waals surface area contributed by atoms with E-state index in [0.717, 1.165) is 21.5 Å². The van der Waals surface area contributed by atoms with Crippen LogP contribution in [-0.4, -0.2) is 4.98 Å². The van der Waals surface area contributed by atoms with E-state index in [1.807, 2.05) is 36.4 Å². The number of hydrogen-bond acceptors (Lipinski definition) is 3. The van der Waals surface area contributed by atoms with Crippen molar-refractivity contribution in [1.82, 2.24) is 4.98 Å². The van der Waals surface area contributed by atoms with Crippen LogP contribution in [0, 0.1) is 0 Å². The first-order chi connectivity index (χ1) is 7.77. The molecule has 4 heteroatoms. The zero-order valence-corrected chi connectivity index (χ0v) is 10.2. The van der Waals surface area contributed by atoms with E-state index in [2.05, 4.69) is 26.2 Å². The second kappa shape index (κ2) is 4.99. The van der Waals surface area contributed by atoms with Crippen LogP contribution in [-0.2, 0) is 6.54 Å². The molecule has 82 valence electrons. The highest BCUT2D eigenvalue weighted by atomic mass is 79.9. The van der Waals surface area contributed by atoms with Gasteiger partial charge in [0, 0.05) is 18.4 Å². The Bertz CT molecular complexity index is 440. The number of anilines is 2. The molecule has 2 rings (SSSR count). The number of nitrogen functional groups attached to an aromatic ring is 1. The van der Waals surface area contributed by atoms with Crippen molar-refractivity contribution in [3.8, 4) is 0 Å². The first-order valence-corrected chi connectivity index (χ1v) is 5.74. The molecule has 0 spiro atoms. The van der Waals surface area contributed by atoms with Gasteiger partial charge in [0.2, 0.25) is 0 Å². The van der Waals surface area contributed by atoms with E-state index < -0.39 is 0 Å². The summed E-state index contributed by atoms with van der Waals surface area (Å²) < 4.78 is 0.810. The van der Waals surface area contributed by atoms with Gasteiger partial charge < -0.3 is 11.1 Å². The van der Waals surface area contributed by atoms with Crippen molar-refractivity contribution >= 4 is 27.3 Å². The summed E-state index contributed by atoms with van der Waals surface area (Å²) >= 11 is 3.38. The summed E-state index contributed by atoms with van der Waals surface area (Å²) in [4.78, 5) is 4.14. The van der Waals surface area contributed by atoms with Crippen molar-refractivity contribution < 1.29 is 0 Å². The van der Waals surface area contributed by atoms with Crippen molar-refractivity contribution in [2.75, 3.05) is 11.1 Å². The lowest BCUT2D eigenvalue weighted by molar-refractivity contribution is 1.13. The fraction of sp³-hybridized carbons (Fsp3) is 0.0833. The minimum Gasteiger partial charge on any atom is -0.398 e. The van der Waals surface area contributed by atoms with E-state index in [4.69, 9.17) is 5.73 Å². The van der Waals surface area contributed by atoms with Gasteiger partial charge in [0.05, 0.1) is 5.69 Å². The zero-order chi connectivity index (χ0) is 11.4. The van der Waals surface area contributed by atoms with Gasteiger partial charge in [-0.1, -0.05) is 18.2 Å². The Kier molecular flexibility index (Phi) is 3.41. The molecule has 1 heterocycles. The second-order valence-electron chi connectivity index (χ2n) is 3.39. The van der Waals surface area contributed by atoms with Crippen LogP contribution in [0.15, 0.2) is 47.2 Å². The third-order valence-corrected chi connectivity index (χ3v) is 2.92. The minimum absolute atomic E-state index is 0.691. The fourth-order valence-corrected chi connectivity index (χ4v) is 1.79. The summed E-state index contributed by atoms with van der Waals surface area (Å²) in [5.74, 6) is 0. The predicted octanol–water partition coefficient (Wildman–Crippen LogP) is 3.04. The van der Waals surface area contributed by atoms with Crippen LogP contribution in [0.5, 0.6) is 0 Å². The second-order valence-corrected chi connectivity index (χ2v) is 4.15. The van der Waals surface area contributed by atoms with Crippen LogP contribution >= 0.6 is 15.9 Å². The van der Waals surface area contributed by atoms with Crippen LogP contribution in [0.2, 0.25) is 0 Å². The number of aromatic nitrogens is 1. The number of nitrogens with one attached hydrogen (secondary N) is 1. The number of hydrogen-bond donors (Lipinski definition) is 2. The number of para-hydroxylation sites is 1. The highest BCUT2D eigenvalue weighted by molar-refractivity contribution is 9.10. The third-order valence-electron chi connectivity index (χ3n) is 2.28. The molecule has 0 fully saturated rings. The van der Waals surface area contributed by atoms with Gasteiger partial charge in [-0.15, -0.1) is 0 Å². The Hall–Kier alpha value is -1.55. The van der Waals surface area contributed by atoms with E-state index in [0.29, 0.717) is 6.54 Å². The molecule has 16 heavy (non-hydrogen) atoms. The third kappa shape index (κ3) is 2.52. The maximum atomic E-state index is 5.86. The summed E-state index contributed by atoms with van der Waals surface area (Å²) in [6, 6.07) is 11.7. The monoisotopic (exact) mass is 277 g/mol. The molecule has 1 aromatic carbocycles. The Balaban J connectivity index is 2.09. The van der Waals surface area contributed by atoms with Crippen molar-refractivity contribution in [1.29, 1.82) is 0 Å². The van der Waals surface area contributed by atoms with Crippen LogP contribution in [0.25, 0.3) is 0 Å². The average molecular weight is 278 g/mol. The van der Waals surface area contributed by atoms with Gasteiger partial charge >= 0.3 is 0 Å². The predicted molar refractivity (Wildman–Crippen MR) is 70.1 cm³/mol. The maximum Gasteiger partial charge on any atom is 0.129 e. The number of rotatable bonds is 3. The number of nitrogens with two attached hydrogens (primary N) is 1. The molecule has 0 saturated heterocycles. The lowest BCUT2D eigenvalue weighted by Gasteiger charge is -2.09. The van der Waals surface area contributed by atoms with Crippen molar-refractivity contribution in [2.24, 2.45) is 0 Å². The zero-order valence-electron chi connectivity index (χ0n) is 8.65. The topological polar surface area (TPSA) is 50.9 Å². The minimum atomic E-state index is 0.691. The Morgan fingerprint density at radius 1 is 1.19 bits per heavy atom. The molecule has 0 atom stereocenters. The Morgan fingerprint density at radius 3 is 2.75 bits per heavy atom. The summed E-state index contributed by atoms with van der Waals surface area (Å²) in [6.07, 6.45) is 1.74. The lowest BCUT2D eigenvalue weighted by Crippen LogP contribution is -2.03. The summed E-state index contributed by atoms with van der Waals surface area (Å²) in [5.41, 5.74) is 8.70. The lowest BCUT2D eigenvalue weighted by atomic mass is 10.2. The first-order valence-electron chi connectivity index (χ1n) is 4.95. The van der Waals surface area contributed by atoms with E-state index in [-0.39, 0.29) is 0 Å². The van der Waals surface area contributed by atoms with Gasteiger partial charge in [0.1, 0.15) is 4.60 Å². The molecular weight excluding hydrogens is 266 g/mol. The van der Waals surface area contributed by atoms with Crippen LogP contribution in [0.4, 0.5) is 11.4 Å². The van der Waals surface area contributed by atoms with Crippen molar-refractivity contribution in [3.05, 3.63) is 52.8 Å². The maximum absolute atomic E-state index is 5.86. The van der Waals surface area contributed by atoms with E-state index in [1.54, 1.807) is 6.20 Å². The number of nitrogens with zero attached hydrogens (tertiary/aromatic N) is 1. The summed E-state index contributed by atoms with van der Waals surface area (Å²) in [6.45, 7) is 0.691. The van der Waals surface area contributed by atoms with Crippen LogP contribution in [0.3, 0.4) is 0 Å². The SMILES string of the molecule is Nc1ccccc1CNc1cccnc1Br. The molecule has 0 unspecified atom stereocenters. The molecule has 0 radical (unpaired) electrons. The highest BCUT2D eigenvalue weighted by Crippen LogP contribution is 2.20. The number of pyridine rings is 1. The molecule has 2 aromatic rings. The van der Waals surface area contributed by atoms with Gasteiger partial charge in [0.15, 0.2) is 0 Å². The van der Waals surface area contributed by atoms with Crippen LogP contribution in [0.1, 0.15) is 5.56 Å². The normalized spacial score (nSPS) is 10.1. The first kappa shape index (κ1) is 11.0. The number of benzene rings is 1. The Morgan fingerprint density at radius 2 is 2.00 bits per heavy atom. The number of halogens is 1. The standard InChI is InChI=1S/C12H12BrN3/c13-12-11(6-3-7-15-12)16-8-9-4-1-2-5-10(9)14/h1-7,16H,8,14H2. The van der Waals surface area contributed by atoms with Crippen LogP contribution < -0.4 is 11.1 Å². The van der Waals surface area contributed by atoms with E-state index in [1.165, 1.54) is 0 Å². The van der Waals surface area contributed by atoms with Crippen molar-refractivity contribution in [3.63, 3.8) is 0 Å². The molecular formula is C12H12BrN3. The molecule has 0 aliphatic heterocycles. The molecule has 1 aromatic heterocycles. The van der Waals surface area contributed by atoms with E-state index in [9.17, 15) is 0 Å². The van der Waals surface area contributed by atoms with Crippen molar-refractivity contribution in [2.45, 2.75) is 6.54 Å². The molecule has 0 aliphatic carbocycles. The van der Waals surface area contributed by atoms with Gasteiger partial charge in [-0.2, -0.15) is 0 Å². The average Bonchev–Trinajstić information content (AvgIpc) is 2.30. The van der Waals surface area contributed by atoms with Gasteiger partial charge in [-0.3, -0.25) is 0 Å². The quantitative estimate of drug-likeness (QED) is 0.670. The molecule has 3 N–H and O–H groups in total. The van der Waals surface area contributed by atoms with Gasteiger partial charge in [0.25, 0.3) is 0 Å². The highest BCUT2D eigenvalue weighted by Gasteiger charge is 2.00. The van der Waals surface area contributed by atoms with Gasteiger partial charge in [-0.25, -0.2) is 4.98 Å². The molecule has 3 nitrogen and oxygen atoms in total. The summed E-state index contributed by atoms with van der Waals surface area (Å²) in [5, 5.41) is 3.28. The fourth-order valence-electron chi connectivity index (χ4n) is 1.40. The Labute approximate surface area is 103 Å². The molecule has 0 saturated carbocycles. The molecule has 0 amide bonds. The summed E-state index contributed by atoms with van der Waals surface area (Å²) in [7, 11) is 0. The van der Waals surface area contributed by atoms with Gasteiger partial charge in [-0.05, 0) is 39.7 Å². The molecule has 0 bridgehead atoms. The molecule has 0 aliphatic rings. The smallest absolute Gasteiger partial charge is 0.129 e. The largest absolute Gasteiger partial charge is 0.398 e.